The zero-order valence-electron chi connectivity index (χ0n) is 7.69. The third kappa shape index (κ3) is 2.00. The second-order valence-electron chi connectivity index (χ2n) is 2.81. The summed E-state index contributed by atoms with van der Waals surface area (Å²) < 4.78 is 28.0. The van der Waals surface area contributed by atoms with E-state index in [1.54, 1.807) is 18.4 Å². The van der Waals surface area contributed by atoms with E-state index in [0.29, 0.717) is 10.9 Å². The highest BCUT2D eigenvalue weighted by Crippen LogP contribution is 2.32. The fourth-order valence-electron chi connectivity index (χ4n) is 1.22. The van der Waals surface area contributed by atoms with E-state index in [1.807, 2.05) is 6.07 Å². The van der Waals surface area contributed by atoms with Crippen molar-refractivity contribution < 1.29 is 8.42 Å². The quantitative estimate of drug-likeness (QED) is 0.726. The number of halogens is 1. The van der Waals surface area contributed by atoms with Gasteiger partial charge in [-0.1, -0.05) is 17.8 Å². The van der Waals surface area contributed by atoms with Gasteiger partial charge in [0.1, 0.15) is 4.90 Å². The van der Waals surface area contributed by atoms with Crippen LogP contribution in [0.2, 0.25) is 0 Å². The first-order chi connectivity index (χ1) is 7.04. The lowest BCUT2D eigenvalue weighted by Gasteiger charge is -2.17. The summed E-state index contributed by atoms with van der Waals surface area (Å²) in [6.07, 6.45) is 1.78. The molecule has 1 N–H and O–H groups in total. The summed E-state index contributed by atoms with van der Waals surface area (Å²) in [5, 5.41) is 3.41. The number of anilines is 1. The minimum absolute atomic E-state index is 0.243. The molecule has 0 saturated heterocycles. The molecule has 2 rings (SSSR count). The number of rotatable bonds is 0. The highest BCUT2D eigenvalue weighted by Gasteiger charge is 2.25. The maximum Gasteiger partial charge on any atom is 0.286 e. The average Bonchev–Trinajstić information content (AvgIpc) is 2.18. The highest BCUT2D eigenvalue weighted by atomic mass is 127. The van der Waals surface area contributed by atoms with Gasteiger partial charge in [0, 0.05) is 3.57 Å². The molecule has 80 valence electrons. The van der Waals surface area contributed by atoms with E-state index in [2.05, 4.69) is 32.3 Å². The molecule has 0 fully saturated rings. The number of hydrogen-bond acceptors (Lipinski definition) is 4. The number of benzene rings is 1. The second kappa shape index (κ2) is 3.95. The van der Waals surface area contributed by atoms with Crippen molar-refractivity contribution in [1.82, 2.24) is 0 Å². The van der Waals surface area contributed by atoms with Gasteiger partial charge in [-0.05, 0) is 41.0 Å². The molecule has 0 spiro atoms. The van der Waals surface area contributed by atoms with Crippen LogP contribution < -0.4 is 5.32 Å². The van der Waals surface area contributed by atoms with Crippen molar-refractivity contribution in [3.05, 3.63) is 21.8 Å². The third-order valence-corrected chi connectivity index (χ3v) is 4.80. The van der Waals surface area contributed by atoms with Crippen LogP contribution in [0.3, 0.4) is 0 Å². The molecule has 7 heteroatoms. The standard InChI is InChI=1S/C8H7IN2O2S2/c1-14-8-10-7-5(9)3-2-4-6(7)15(12,13)11-8/h2-4H,1H3,(H,10,11). The number of thioether (sulfide) groups is 1. The van der Waals surface area contributed by atoms with E-state index >= 15 is 0 Å². The molecule has 1 aliphatic rings. The second-order valence-corrected chi connectivity index (χ2v) is 6.34. The number of hydrogen-bond donors (Lipinski definition) is 1. The van der Waals surface area contributed by atoms with Crippen LogP contribution in [0.25, 0.3) is 0 Å². The van der Waals surface area contributed by atoms with Gasteiger partial charge in [0.15, 0.2) is 5.17 Å². The molecule has 1 aromatic rings. The summed E-state index contributed by atoms with van der Waals surface area (Å²) >= 11 is 3.37. The summed E-state index contributed by atoms with van der Waals surface area (Å²) in [5.74, 6) is 0. The molecule has 0 aromatic heterocycles. The maximum absolute atomic E-state index is 11.8. The van der Waals surface area contributed by atoms with Gasteiger partial charge in [0.25, 0.3) is 10.0 Å². The summed E-state index contributed by atoms with van der Waals surface area (Å²) in [5.41, 5.74) is 0.623. The fraction of sp³-hybridized carbons (Fsp3) is 0.125. The SMILES string of the molecule is CSC1=NS(=O)(=O)c2cccc(I)c2N1. The van der Waals surface area contributed by atoms with Gasteiger partial charge in [0.2, 0.25) is 0 Å². The molecule has 0 unspecified atom stereocenters. The van der Waals surface area contributed by atoms with Gasteiger partial charge < -0.3 is 5.32 Å². The van der Waals surface area contributed by atoms with Crippen LogP contribution in [0, 0.1) is 3.57 Å². The molecular formula is C8H7IN2O2S2. The first kappa shape index (κ1) is 11.2. The lowest BCUT2D eigenvalue weighted by molar-refractivity contribution is 0.598. The molecule has 15 heavy (non-hydrogen) atoms. The van der Waals surface area contributed by atoms with E-state index in [1.165, 1.54) is 11.8 Å². The molecule has 0 amide bonds. The number of nitrogens with one attached hydrogen (secondary N) is 1. The van der Waals surface area contributed by atoms with E-state index in [-0.39, 0.29) is 4.90 Å². The summed E-state index contributed by atoms with van der Waals surface area (Å²) in [4.78, 5) is 0.243. The Morgan fingerprint density at radius 1 is 1.47 bits per heavy atom. The molecule has 4 nitrogen and oxygen atoms in total. The van der Waals surface area contributed by atoms with Crippen LogP contribution in [0.1, 0.15) is 0 Å². The molecule has 0 atom stereocenters. The monoisotopic (exact) mass is 354 g/mol. The fourth-order valence-corrected chi connectivity index (χ4v) is 3.86. The Morgan fingerprint density at radius 3 is 2.87 bits per heavy atom. The van der Waals surface area contributed by atoms with Crippen LogP contribution in [0.4, 0.5) is 5.69 Å². The van der Waals surface area contributed by atoms with Crippen molar-refractivity contribution in [3.8, 4) is 0 Å². The van der Waals surface area contributed by atoms with Gasteiger partial charge >= 0.3 is 0 Å². The molecule has 1 heterocycles. The molecule has 0 bridgehead atoms. The topological polar surface area (TPSA) is 58.5 Å². The Labute approximate surface area is 106 Å². The number of amidine groups is 1. The van der Waals surface area contributed by atoms with E-state index < -0.39 is 10.0 Å². The smallest absolute Gasteiger partial charge is 0.286 e. The molecular weight excluding hydrogens is 347 g/mol. The van der Waals surface area contributed by atoms with Crippen molar-refractivity contribution in [3.63, 3.8) is 0 Å². The van der Waals surface area contributed by atoms with Crippen molar-refractivity contribution in [2.24, 2.45) is 4.40 Å². The van der Waals surface area contributed by atoms with Crippen molar-refractivity contribution in [1.29, 1.82) is 0 Å². The third-order valence-electron chi connectivity index (χ3n) is 1.88. The summed E-state index contributed by atoms with van der Waals surface area (Å²) in [7, 11) is -3.53. The van der Waals surface area contributed by atoms with E-state index in [4.69, 9.17) is 0 Å². The first-order valence-corrected chi connectivity index (χ1v) is 7.73. The van der Waals surface area contributed by atoms with E-state index in [0.717, 1.165) is 3.57 Å². The Kier molecular flexibility index (Phi) is 2.95. The highest BCUT2D eigenvalue weighted by molar-refractivity contribution is 14.1. The van der Waals surface area contributed by atoms with Gasteiger partial charge in [-0.15, -0.1) is 4.40 Å². The van der Waals surface area contributed by atoms with Crippen LogP contribution >= 0.6 is 34.4 Å². The lowest BCUT2D eigenvalue weighted by Crippen LogP contribution is -2.19. The minimum atomic E-state index is -3.53. The largest absolute Gasteiger partial charge is 0.332 e. The number of nitrogens with zero attached hydrogens (tertiary/aromatic N) is 1. The Hall–Kier alpha value is -0.280. The molecule has 1 aromatic carbocycles. The van der Waals surface area contributed by atoms with Gasteiger partial charge in [-0.2, -0.15) is 8.42 Å². The van der Waals surface area contributed by atoms with Gasteiger partial charge in [-0.3, -0.25) is 0 Å². The predicted molar refractivity (Wildman–Crippen MR) is 70.9 cm³/mol. The van der Waals surface area contributed by atoms with Gasteiger partial charge in [-0.25, -0.2) is 0 Å². The molecule has 0 aliphatic carbocycles. The van der Waals surface area contributed by atoms with Gasteiger partial charge in [0.05, 0.1) is 5.69 Å². The Morgan fingerprint density at radius 2 is 2.20 bits per heavy atom. The summed E-state index contributed by atoms with van der Waals surface area (Å²) in [6, 6.07) is 5.12. The van der Waals surface area contributed by atoms with Crippen molar-refractivity contribution >= 4 is 55.2 Å². The first-order valence-electron chi connectivity index (χ1n) is 3.99. The molecule has 0 radical (unpaired) electrons. The maximum atomic E-state index is 11.8. The van der Waals surface area contributed by atoms with Crippen LogP contribution in [-0.4, -0.2) is 19.8 Å². The molecule has 1 aliphatic heterocycles. The predicted octanol–water partition coefficient (Wildman–Crippen LogP) is 2.12. The normalized spacial score (nSPS) is 17.6. The van der Waals surface area contributed by atoms with Crippen LogP contribution in [0.5, 0.6) is 0 Å². The Bertz CT molecular complexity index is 540. The minimum Gasteiger partial charge on any atom is -0.332 e. The van der Waals surface area contributed by atoms with Crippen LogP contribution in [0.15, 0.2) is 27.5 Å². The average molecular weight is 354 g/mol. The lowest BCUT2D eigenvalue weighted by atomic mass is 10.3. The number of para-hydroxylation sites is 1. The van der Waals surface area contributed by atoms with E-state index in [9.17, 15) is 8.42 Å². The zero-order chi connectivity index (χ0) is 11.1. The summed E-state index contributed by atoms with van der Waals surface area (Å²) in [6.45, 7) is 0. The Balaban J connectivity index is 2.69. The van der Waals surface area contributed by atoms with Crippen LogP contribution in [-0.2, 0) is 10.0 Å². The molecule has 0 saturated carbocycles. The zero-order valence-corrected chi connectivity index (χ0v) is 11.5. The number of sulfonamides is 1. The number of fused-ring (bicyclic) bond motifs is 1. The van der Waals surface area contributed by atoms with Crippen molar-refractivity contribution in [2.75, 3.05) is 11.6 Å². The van der Waals surface area contributed by atoms with Crippen molar-refractivity contribution in [2.45, 2.75) is 4.90 Å².